The average Bonchev–Trinajstić information content (AvgIpc) is 2.83. The Kier molecular flexibility index (Phi) is 4.99. The van der Waals surface area contributed by atoms with Crippen molar-refractivity contribution in [1.82, 2.24) is 4.90 Å². The maximum Gasteiger partial charge on any atom is 0.293 e. The van der Waals surface area contributed by atoms with Gasteiger partial charge in [-0.05, 0) is 53.8 Å². The molecule has 6 heteroatoms. The summed E-state index contributed by atoms with van der Waals surface area (Å²) in [5, 5.41) is -0.197. The maximum atomic E-state index is 12.7. The summed E-state index contributed by atoms with van der Waals surface area (Å²) in [6.07, 6.45) is 7.37. The van der Waals surface area contributed by atoms with Crippen LogP contribution >= 0.6 is 11.8 Å². The molecule has 0 aromatic heterocycles. The molecule has 1 aromatic rings. The molecular formula is C19H22N2O3S. The summed E-state index contributed by atoms with van der Waals surface area (Å²) in [7, 11) is 0. The van der Waals surface area contributed by atoms with E-state index in [1.807, 2.05) is 0 Å². The highest BCUT2D eigenvalue weighted by atomic mass is 32.2. The largest absolute Gasteiger partial charge is 0.366 e. The van der Waals surface area contributed by atoms with Crippen LogP contribution < -0.4 is 5.73 Å². The Labute approximate surface area is 151 Å². The summed E-state index contributed by atoms with van der Waals surface area (Å²) in [5.74, 6) is -0.714. The van der Waals surface area contributed by atoms with Crippen LogP contribution in [0.2, 0.25) is 0 Å². The van der Waals surface area contributed by atoms with Crippen LogP contribution in [0, 0.1) is 5.41 Å². The van der Waals surface area contributed by atoms with Crippen LogP contribution in [-0.4, -0.2) is 28.5 Å². The van der Waals surface area contributed by atoms with Crippen LogP contribution in [0.4, 0.5) is 4.79 Å². The molecule has 0 spiro atoms. The number of rotatable bonds is 4. The van der Waals surface area contributed by atoms with Crippen molar-refractivity contribution in [2.75, 3.05) is 6.54 Å². The van der Waals surface area contributed by atoms with Gasteiger partial charge in [-0.25, -0.2) is 0 Å². The molecule has 3 rings (SSSR count). The van der Waals surface area contributed by atoms with Crippen molar-refractivity contribution in [3.63, 3.8) is 0 Å². The molecule has 1 saturated heterocycles. The van der Waals surface area contributed by atoms with Crippen LogP contribution in [-0.2, 0) is 4.79 Å². The number of nitrogens with two attached hydrogens (primary N) is 1. The number of amides is 3. The number of primary amides is 1. The third-order valence-electron chi connectivity index (χ3n) is 4.97. The second-order valence-corrected chi connectivity index (χ2v) is 8.12. The first-order chi connectivity index (χ1) is 11.9. The minimum atomic E-state index is -0.493. The Hall–Kier alpha value is -2.08. The predicted octanol–water partition coefficient (Wildman–Crippen LogP) is 3.79. The summed E-state index contributed by atoms with van der Waals surface area (Å²) >= 11 is 0.981. The number of carbonyl (C=O) groups is 3. The number of imide groups is 1. The van der Waals surface area contributed by atoms with Gasteiger partial charge in [0.1, 0.15) is 0 Å². The van der Waals surface area contributed by atoms with E-state index in [9.17, 15) is 14.4 Å². The normalized spacial score (nSPS) is 21.8. The van der Waals surface area contributed by atoms with Crippen LogP contribution in [0.15, 0.2) is 29.2 Å². The highest BCUT2D eigenvalue weighted by molar-refractivity contribution is 8.18. The van der Waals surface area contributed by atoms with Gasteiger partial charge in [-0.2, -0.15) is 0 Å². The molecule has 1 heterocycles. The van der Waals surface area contributed by atoms with Crippen molar-refractivity contribution in [2.24, 2.45) is 11.1 Å². The molecule has 0 radical (unpaired) electrons. The molecule has 1 aromatic carbocycles. The first kappa shape index (κ1) is 17.7. The predicted molar refractivity (Wildman–Crippen MR) is 98.8 cm³/mol. The summed E-state index contributed by atoms with van der Waals surface area (Å²) < 4.78 is 0. The van der Waals surface area contributed by atoms with Gasteiger partial charge < -0.3 is 5.73 Å². The molecule has 25 heavy (non-hydrogen) atoms. The van der Waals surface area contributed by atoms with Gasteiger partial charge in [0.05, 0.1) is 4.91 Å². The van der Waals surface area contributed by atoms with Crippen molar-refractivity contribution in [2.45, 2.75) is 39.0 Å². The summed E-state index contributed by atoms with van der Waals surface area (Å²) in [6, 6.07) is 6.66. The minimum Gasteiger partial charge on any atom is -0.366 e. The van der Waals surface area contributed by atoms with Crippen molar-refractivity contribution in [3.8, 4) is 0 Å². The fourth-order valence-corrected chi connectivity index (χ4v) is 4.31. The number of hydrogen-bond donors (Lipinski definition) is 1. The molecule has 132 valence electrons. The van der Waals surface area contributed by atoms with E-state index in [-0.39, 0.29) is 16.6 Å². The molecule has 0 unspecified atom stereocenters. The van der Waals surface area contributed by atoms with E-state index in [1.165, 1.54) is 11.3 Å². The van der Waals surface area contributed by atoms with Gasteiger partial charge in [-0.15, -0.1) is 0 Å². The van der Waals surface area contributed by atoms with Gasteiger partial charge in [-0.3, -0.25) is 19.3 Å². The molecule has 2 fully saturated rings. The third-order valence-corrected chi connectivity index (χ3v) is 5.87. The third kappa shape index (κ3) is 3.95. The Balaban J connectivity index is 1.75. The number of benzene rings is 1. The Bertz CT molecular complexity index is 734. The van der Waals surface area contributed by atoms with Gasteiger partial charge in [0.15, 0.2) is 0 Å². The summed E-state index contributed by atoms with van der Waals surface area (Å²) in [5.41, 5.74) is 6.43. The minimum absolute atomic E-state index is 0.0305. The monoisotopic (exact) mass is 358 g/mol. The molecule has 0 atom stereocenters. The molecule has 0 bridgehead atoms. The maximum absolute atomic E-state index is 12.7. The van der Waals surface area contributed by atoms with Gasteiger partial charge in [0.2, 0.25) is 5.91 Å². The molecule has 2 aliphatic rings. The number of carbonyl (C=O) groups excluding carboxylic acids is 3. The van der Waals surface area contributed by atoms with Gasteiger partial charge in [0, 0.05) is 12.1 Å². The lowest BCUT2D eigenvalue weighted by Crippen LogP contribution is -2.39. The van der Waals surface area contributed by atoms with Crippen LogP contribution in [0.3, 0.4) is 0 Å². The van der Waals surface area contributed by atoms with Crippen LogP contribution in [0.25, 0.3) is 6.08 Å². The van der Waals surface area contributed by atoms with E-state index >= 15 is 0 Å². The van der Waals surface area contributed by atoms with E-state index in [0.717, 1.165) is 43.0 Å². The molecule has 5 nitrogen and oxygen atoms in total. The zero-order valence-electron chi connectivity index (χ0n) is 14.3. The molecule has 1 aliphatic heterocycles. The van der Waals surface area contributed by atoms with E-state index in [1.54, 1.807) is 30.3 Å². The van der Waals surface area contributed by atoms with E-state index < -0.39 is 5.91 Å². The van der Waals surface area contributed by atoms with Gasteiger partial charge >= 0.3 is 0 Å². The van der Waals surface area contributed by atoms with Gasteiger partial charge in [0.25, 0.3) is 11.1 Å². The van der Waals surface area contributed by atoms with Crippen molar-refractivity contribution >= 4 is 34.9 Å². The van der Waals surface area contributed by atoms with Crippen LogP contribution in [0.1, 0.15) is 54.9 Å². The smallest absolute Gasteiger partial charge is 0.293 e. The zero-order chi connectivity index (χ0) is 18.0. The summed E-state index contributed by atoms with van der Waals surface area (Å²) in [4.78, 5) is 37.9. The van der Waals surface area contributed by atoms with Crippen molar-refractivity contribution in [3.05, 3.63) is 40.3 Å². The fraction of sp³-hybridized carbons (Fsp3) is 0.421. The molecule has 1 saturated carbocycles. The van der Waals surface area contributed by atoms with Crippen molar-refractivity contribution < 1.29 is 14.4 Å². The topological polar surface area (TPSA) is 80.5 Å². The SMILES string of the molecule is CC1(CN2C(=O)SC(=Cc3ccc(C(N)=O)cc3)C2=O)CCCCC1. The lowest BCUT2D eigenvalue weighted by molar-refractivity contribution is -0.124. The summed E-state index contributed by atoms with van der Waals surface area (Å²) in [6.45, 7) is 2.66. The van der Waals surface area contributed by atoms with E-state index in [4.69, 9.17) is 5.73 Å². The van der Waals surface area contributed by atoms with E-state index in [2.05, 4.69) is 6.92 Å². The molecule has 2 N–H and O–H groups in total. The standard InChI is InChI=1S/C19H22N2O3S/c1-19(9-3-2-4-10-19)12-21-17(23)15(25-18(21)24)11-13-5-7-14(8-6-13)16(20)22/h5-8,11H,2-4,9-10,12H2,1H3,(H2,20,22). The number of nitrogens with zero attached hydrogens (tertiary/aromatic N) is 1. The zero-order valence-corrected chi connectivity index (χ0v) is 15.1. The number of hydrogen-bond acceptors (Lipinski definition) is 4. The number of thioether (sulfide) groups is 1. The van der Waals surface area contributed by atoms with E-state index in [0.29, 0.717) is 17.0 Å². The Morgan fingerprint density at radius 3 is 2.44 bits per heavy atom. The molecule has 3 amide bonds. The Morgan fingerprint density at radius 2 is 1.84 bits per heavy atom. The average molecular weight is 358 g/mol. The highest BCUT2D eigenvalue weighted by Gasteiger charge is 2.40. The second kappa shape index (κ2) is 7.04. The second-order valence-electron chi connectivity index (χ2n) is 7.13. The first-order valence-electron chi connectivity index (χ1n) is 8.53. The first-order valence-corrected chi connectivity index (χ1v) is 9.35. The molecule has 1 aliphatic carbocycles. The van der Waals surface area contributed by atoms with Gasteiger partial charge in [-0.1, -0.05) is 38.3 Å². The lowest BCUT2D eigenvalue weighted by atomic mass is 9.75. The van der Waals surface area contributed by atoms with Crippen molar-refractivity contribution in [1.29, 1.82) is 0 Å². The fourth-order valence-electron chi connectivity index (χ4n) is 3.48. The Morgan fingerprint density at radius 1 is 1.20 bits per heavy atom. The lowest BCUT2D eigenvalue weighted by Gasteiger charge is -2.35. The highest BCUT2D eigenvalue weighted by Crippen LogP contribution is 2.40. The van der Waals surface area contributed by atoms with Crippen LogP contribution in [0.5, 0.6) is 0 Å². The quantitative estimate of drug-likeness (QED) is 0.830. The molecular weight excluding hydrogens is 336 g/mol.